The number of hydrogen-bond donors (Lipinski definition) is 0. The minimum atomic E-state index is -0.686. The van der Waals surface area contributed by atoms with E-state index < -0.39 is 5.41 Å². The molecular formula is C15H16O3. The van der Waals surface area contributed by atoms with Gasteiger partial charge in [-0.3, -0.25) is 9.59 Å². The summed E-state index contributed by atoms with van der Waals surface area (Å²) in [5.74, 6) is 1.36. The molecule has 0 spiro atoms. The van der Waals surface area contributed by atoms with Crippen molar-refractivity contribution in [3.05, 3.63) is 29.8 Å². The summed E-state index contributed by atoms with van der Waals surface area (Å²) in [6.07, 6.45) is 1.44. The fourth-order valence-corrected chi connectivity index (χ4v) is 3.56. The van der Waals surface area contributed by atoms with Gasteiger partial charge in [0.05, 0.1) is 12.5 Å². The molecule has 0 heterocycles. The lowest BCUT2D eigenvalue weighted by molar-refractivity contribution is -0.121. The molecule has 2 saturated carbocycles. The molecule has 0 bridgehead atoms. The van der Waals surface area contributed by atoms with Crippen LogP contribution in [0.2, 0.25) is 0 Å². The topological polar surface area (TPSA) is 43.4 Å². The number of fused-ring (bicyclic) bond motifs is 1. The highest BCUT2D eigenvalue weighted by molar-refractivity contribution is 6.19. The van der Waals surface area contributed by atoms with E-state index in [-0.39, 0.29) is 23.4 Å². The lowest BCUT2D eigenvalue weighted by atomic mass is 9.89. The van der Waals surface area contributed by atoms with Crippen molar-refractivity contribution >= 4 is 11.6 Å². The summed E-state index contributed by atoms with van der Waals surface area (Å²) in [5, 5.41) is 0. The van der Waals surface area contributed by atoms with Crippen molar-refractivity contribution in [3.63, 3.8) is 0 Å². The van der Waals surface area contributed by atoms with E-state index in [1.807, 2.05) is 6.92 Å². The molecule has 2 aliphatic rings. The largest absolute Gasteiger partial charge is 0.497 e. The van der Waals surface area contributed by atoms with E-state index in [2.05, 4.69) is 0 Å². The Kier molecular flexibility index (Phi) is 2.34. The third-order valence-corrected chi connectivity index (χ3v) is 4.67. The van der Waals surface area contributed by atoms with E-state index in [0.29, 0.717) is 12.0 Å². The zero-order chi connectivity index (χ0) is 12.9. The van der Waals surface area contributed by atoms with Gasteiger partial charge in [-0.2, -0.15) is 0 Å². The lowest BCUT2D eigenvalue weighted by Gasteiger charge is -2.11. The number of hydrogen-bond acceptors (Lipinski definition) is 3. The highest BCUT2D eigenvalue weighted by Gasteiger charge is 2.73. The monoisotopic (exact) mass is 244 g/mol. The first kappa shape index (κ1) is 11.5. The maximum Gasteiger partial charge on any atom is 0.176 e. The summed E-state index contributed by atoms with van der Waals surface area (Å²) < 4.78 is 5.07. The molecule has 94 valence electrons. The molecule has 2 fully saturated rings. The number of carbonyl (C=O) groups is 2. The van der Waals surface area contributed by atoms with Gasteiger partial charge in [0.15, 0.2) is 5.78 Å². The van der Waals surface area contributed by atoms with Crippen LogP contribution in [0.15, 0.2) is 24.3 Å². The van der Waals surface area contributed by atoms with Crippen molar-refractivity contribution in [2.24, 2.45) is 17.3 Å². The van der Waals surface area contributed by atoms with Gasteiger partial charge in [0.2, 0.25) is 0 Å². The van der Waals surface area contributed by atoms with E-state index in [9.17, 15) is 9.59 Å². The van der Waals surface area contributed by atoms with Gasteiger partial charge in [0.25, 0.3) is 0 Å². The summed E-state index contributed by atoms with van der Waals surface area (Å²) in [4.78, 5) is 24.6. The predicted molar refractivity (Wildman–Crippen MR) is 66.7 cm³/mol. The Morgan fingerprint density at radius 2 is 2.00 bits per heavy atom. The van der Waals surface area contributed by atoms with E-state index >= 15 is 0 Å². The molecule has 3 heteroatoms. The van der Waals surface area contributed by atoms with Crippen molar-refractivity contribution in [1.82, 2.24) is 0 Å². The lowest BCUT2D eigenvalue weighted by Crippen LogP contribution is -2.26. The van der Waals surface area contributed by atoms with Crippen LogP contribution in [0.5, 0.6) is 5.75 Å². The first-order chi connectivity index (χ1) is 8.62. The molecule has 0 unspecified atom stereocenters. The van der Waals surface area contributed by atoms with Crippen LogP contribution in [0.3, 0.4) is 0 Å². The molecule has 3 atom stereocenters. The maximum absolute atomic E-state index is 12.6. The van der Waals surface area contributed by atoms with Crippen LogP contribution in [0.25, 0.3) is 0 Å². The second-order valence-electron chi connectivity index (χ2n) is 5.28. The molecule has 1 aromatic rings. The van der Waals surface area contributed by atoms with Crippen molar-refractivity contribution < 1.29 is 14.3 Å². The van der Waals surface area contributed by atoms with Gasteiger partial charge < -0.3 is 4.74 Å². The average molecular weight is 244 g/mol. The SMILES string of the molecule is COc1ccc(C(=O)[C@]23C(=O)CC[C@H]2[C@@H]3C)cc1. The highest BCUT2D eigenvalue weighted by Crippen LogP contribution is 2.67. The van der Waals surface area contributed by atoms with Gasteiger partial charge in [0.1, 0.15) is 11.5 Å². The first-order valence-electron chi connectivity index (χ1n) is 6.34. The zero-order valence-corrected chi connectivity index (χ0v) is 10.6. The molecule has 1 aromatic carbocycles. The van der Waals surface area contributed by atoms with Crippen LogP contribution in [0.4, 0.5) is 0 Å². The Hall–Kier alpha value is -1.64. The van der Waals surface area contributed by atoms with Crippen LogP contribution >= 0.6 is 0 Å². The standard InChI is InChI=1S/C15H16O3/c1-9-12-7-8-13(16)15(9,12)14(17)10-3-5-11(18-2)6-4-10/h3-6,9,12H,7-8H2,1-2H3/t9-,12-,15-/m0/s1. The first-order valence-corrected chi connectivity index (χ1v) is 6.34. The third kappa shape index (κ3) is 1.25. The van der Waals surface area contributed by atoms with Crippen LogP contribution in [-0.2, 0) is 4.79 Å². The quantitative estimate of drug-likeness (QED) is 0.606. The third-order valence-electron chi connectivity index (χ3n) is 4.67. The number of ketones is 2. The molecule has 0 aromatic heterocycles. The van der Waals surface area contributed by atoms with E-state index in [1.165, 1.54) is 0 Å². The fourth-order valence-electron chi connectivity index (χ4n) is 3.56. The minimum Gasteiger partial charge on any atom is -0.497 e. The number of ether oxygens (including phenoxy) is 1. The molecule has 18 heavy (non-hydrogen) atoms. The van der Waals surface area contributed by atoms with Crippen LogP contribution < -0.4 is 4.74 Å². The second-order valence-corrected chi connectivity index (χ2v) is 5.28. The highest BCUT2D eigenvalue weighted by atomic mass is 16.5. The van der Waals surface area contributed by atoms with Gasteiger partial charge in [-0.05, 0) is 42.5 Å². The van der Waals surface area contributed by atoms with Crippen molar-refractivity contribution in [3.8, 4) is 5.75 Å². The van der Waals surface area contributed by atoms with Crippen molar-refractivity contribution in [2.75, 3.05) is 7.11 Å². The molecule has 0 amide bonds. The van der Waals surface area contributed by atoms with E-state index in [1.54, 1.807) is 31.4 Å². The van der Waals surface area contributed by atoms with Crippen LogP contribution in [-0.4, -0.2) is 18.7 Å². The Labute approximate surface area is 106 Å². The minimum absolute atomic E-state index is 0.00477. The molecule has 0 saturated heterocycles. The number of rotatable bonds is 3. The van der Waals surface area contributed by atoms with Crippen molar-refractivity contribution in [1.29, 1.82) is 0 Å². The Balaban J connectivity index is 1.93. The Morgan fingerprint density at radius 3 is 2.50 bits per heavy atom. The maximum atomic E-state index is 12.6. The van der Waals surface area contributed by atoms with Gasteiger partial charge in [-0.25, -0.2) is 0 Å². The number of Topliss-reactive ketones (excluding diaryl/α,β-unsaturated/α-hetero) is 2. The van der Waals surface area contributed by atoms with Gasteiger partial charge >= 0.3 is 0 Å². The molecule has 0 radical (unpaired) electrons. The smallest absolute Gasteiger partial charge is 0.176 e. The second kappa shape index (κ2) is 3.67. The molecule has 2 aliphatic carbocycles. The summed E-state index contributed by atoms with van der Waals surface area (Å²) in [6.45, 7) is 2.02. The van der Waals surface area contributed by atoms with Gasteiger partial charge in [-0.15, -0.1) is 0 Å². The summed E-state index contributed by atoms with van der Waals surface area (Å²) in [5.41, 5.74) is -0.0606. The number of benzene rings is 1. The molecule has 3 rings (SSSR count). The van der Waals surface area contributed by atoms with Gasteiger partial charge in [-0.1, -0.05) is 6.92 Å². The average Bonchev–Trinajstić information content (AvgIpc) is 2.83. The van der Waals surface area contributed by atoms with E-state index in [4.69, 9.17) is 4.74 Å². The predicted octanol–water partition coefficient (Wildman–Crippen LogP) is 2.49. The Morgan fingerprint density at radius 1 is 1.33 bits per heavy atom. The van der Waals surface area contributed by atoms with Crippen LogP contribution in [0, 0.1) is 17.3 Å². The van der Waals surface area contributed by atoms with Gasteiger partial charge in [0, 0.05) is 12.0 Å². The molecule has 3 nitrogen and oxygen atoms in total. The Bertz CT molecular complexity index is 517. The molecule has 0 aliphatic heterocycles. The van der Waals surface area contributed by atoms with Crippen molar-refractivity contribution in [2.45, 2.75) is 19.8 Å². The number of methoxy groups -OCH3 is 1. The number of carbonyl (C=O) groups excluding carboxylic acids is 2. The van der Waals surface area contributed by atoms with E-state index in [0.717, 1.165) is 12.2 Å². The molecular weight excluding hydrogens is 228 g/mol. The summed E-state index contributed by atoms with van der Waals surface area (Å²) >= 11 is 0. The molecule has 0 N–H and O–H groups in total. The fraction of sp³-hybridized carbons (Fsp3) is 0.467. The van der Waals surface area contributed by atoms with Crippen LogP contribution in [0.1, 0.15) is 30.1 Å². The summed E-state index contributed by atoms with van der Waals surface area (Å²) in [7, 11) is 1.59. The normalized spacial score (nSPS) is 33.1. The summed E-state index contributed by atoms with van der Waals surface area (Å²) in [6, 6.07) is 7.05. The zero-order valence-electron chi connectivity index (χ0n) is 10.6.